The van der Waals surface area contributed by atoms with Gasteiger partial charge in [0.25, 0.3) is 10.0 Å². The Morgan fingerprint density at radius 1 is 1.03 bits per heavy atom. The third-order valence-electron chi connectivity index (χ3n) is 4.76. The molecule has 0 aliphatic rings. The van der Waals surface area contributed by atoms with E-state index in [-0.39, 0.29) is 39.9 Å². The molecule has 0 bridgehead atoms. The van der Waals surface area contributed by atoms with E-state index in [1.54, 1.807) is 18.2 Å². The number of carbonyl (C=O) groups excluding carboxylic acids is 3. The second-order valence-electron chi connectivity index (χ2n) is 7.12. The average Bonchev–Trinajstić information content (AvgIpc) is 2.73. The van der Waals surface area contributed by atoms with Crippen LogP contribution in [0.15, 0.2) is 53.4 Å². The number of unbranched alkanes of at least 4 members (excludes halogenated alkanes) is 1. The third kappa shape index (κ3) is 6.39. The molecule has 0 aliphatic heterocycles. The van der Waals surface area contributed by atoms with Crippen molar-refractivity contribution in [2.75, 3.05) is 11.3 Å². The molecule has 0 aliphatic carbocycles. The number of nitrogens with one attached hydrogen (secondary N) is 2. The van der Waals surface area contributed by atoms with Gasteiger partial charge in [-0.2, -0.15) is 0 Å². The van der Waals surface area contributed by atoms with E-state index in [0.29, 0.717) is 12.8 Å². The number of Topliss-reactive ketones (excluding diaryl/α,β-unsaturated/α-hetero) is 1. The maximum Gasteiger partial charge on any atom is 0.261 e. The molecule has 166 valence electrons. The predicted molar refractivity (Wildman–Crippen MR) is 118 cm³/mol. The summed E-state index contributed by atoms with van der Waals surface area (Å²) in [5.41, 5.74) is 5.94. The molecule has 2 aromatic carbocycles. The third-order valence-corrected chi connectivity index (χ3v) is 6.15. The van der Waals surface area contributed by atoms with Gasteiger partial charge in [-0.05, 0) is 36.2 Å². The Morgan fingerprint density at radius 2 is 1.71 bits per heavy atom. The van der Waals surface area contributed by atoms with Gasteiger partial charge in [-0.25, -0.2) is 8.42 Å². The number of rotatable bonds is 11. The lowest BCUT2D eigenvalue weighted by Gasteiger charge is -2.23. The molecule has 0 saturated carbocycles. The minimum absolute atomic E-state index is 0.0418. The van der Waals surface area contributed by atoms with Crippen LogP contribution in [0.25, 0.3) is 0 Å². The van der Waals surface area contributed by atoms with Gasteiger partial charge in [-0.3, -0.25) is 19.1 Å². The number of amides is 2. The zero-order chi connectivity index (χ0) is 23.0. The van der Waals surface area contributed by atoms with Gasteiger partial charge < -0.3 is 11.1 Å². The minimum atomic E-state index is -3.97. The number of sulfonamides is 1. The van der Waals surface area contributed by atoms with E-state index in [2.05, 4.69) is 10.0 Å². The molecule has 1 unspecified atom stereocenters. The zero-order valence-corrected chi connectivity index (χ0v) is 18.4. The Morgan fingerprint density at radius 3 is 2.29 bits per heavy atom. The molecule has 0 fully saturated rings. The van der Waals surface area contributed by atoms with Crippen LogP contribution >= 0.6 is 0 Å². The number of primary amides is 1. The maximum absolute atomic E-state index is 13.0. The Bertz CT molecular complexity index is 1050. The van der Waals surface area contributed by atoms with E-state index < -0.39 is 21.8 Å². The number of anilines is 1. The van der Waals surface area contributed by atoms with Crippen LogP contribution in [-0.2, 0) is 19.6 Å². The summed E-state index contributed by atoms with van der Waals surface area (Å²) in [6, 6.07) is 12.2. The molecule has 0 saturated heterocycles. The maximum atomic E-state index is 13.0. The van der Waals surface area contributed by atoms with Crippen LogP contribution < -0.4 is 15.8 Å². The second-order valence-corrected chi connectivity index (χ2v) is 8.80. The highest BCUT2D eigenvalue weighted by atomic mass is 32.2. The van der Waals surface area contributed by atoms with Crippen molar-refractivity contribution in [3.05, 3.63) is 59.7 Å². The highest BCUT2D eigenvalue weighted by Crippen LogP contribution is 2.34. The highest BCUT2D eigenvalue weighted by molar-refractivity contribution is 7.92. The van der Waals surface area contributed by atoms with Gasteiger partial charge in [0.05, 0.1) is 17.1 Å². The summed E-state index contributed by atoms with van der Waals surface area (Å²) in [5, 5.41) is 2.47. The summed E-state index contributed by atoms with van der Waals surface area (Å²) in [6.45, 7) is 3.02. The summed E-state index contributed by atoms with van der Waals surface area (Å²) in [6.07, 6.45) is 1.82. The van der Waals surface area contributed by atoms with Crippen LogP contribution in [0.1, 0.15) is 54.9 Å². The molecule has 4 N–H and O–H groups in total. The van der Waals surface area contributed by atoms with E-state index in [4.69, 9.17) is 5.73 Å². The van der Waals surface area contributed by atoms with Gasteiger partial charge in [0.1, 0.15) is 0 Å². The fourth-order valence-corrected chi connectivity index (χ4v) is 4.36. The van der Waals surface area contributed by atoms with Crippen molar-refractivity contribution in [3.8, 4) is 0 Å². The van der Waals surface area contributed by atoms with Crippen LogP contribution in [0.4, 0.5) is 5.69 Å². The Hall–Kier alpha value is -3.20. The molecule has 0 spiro atoms. The number of ketones is 1. The van der Waals surface area contributed by atoms with Crippen LogP contribution in [-0.4, -0.2) is 32.6 Å². The van der Waals surface area contributed by atoms with E-state index in [0.717, 1.165) is 6.42 Å². The van der Waals surface area contributed by atoms with Crippen molar-refractivity contribution in [3.63, 3.8) is 0 Å². The minimum Gasteiger partial charge on any atom is -0.366 e. The molecule has 0 radical (unpaired) electrons. The Kier molecular flexibility index (Phi) is 8.32. The normalized spacial score (nSPS) is 12.1. The molecule has 31 heavy (non-hydrogen) atoms. The second kappa shape index (κ2) is 10.7. The first kappa shape index (κ1) is 24.1. The molecule has 2 rings (SSSR count). The topological polar surface area (TPSA) is 135 Å². The van der Waals surface area contributed by atoms with Gasteiger partial charge >= 0.3 is 0 Å². The first-order chi connectivity index (χ1) is 14.7. The summed E-state index contributed by atoms with van der Waals surface area (Å²) in [5.74, 6) is -2.29. The van der Waals surface area contributed by atoms with E-state index in [1.165, 1.54) is 37.3 Å². The SMILES string of the molecule is CCCCC(C(=O)CNC(C)=O)c1c(NS(=O)(=O)c2ccccc2)cccc1C(N)=O. The van der Waals surface area contributed by atoms with Crippen LogP contribution in [0.5, 0.6) is 0 Å². The summed E-state index contributed by atoms with van der Waals surface area (Å²) < 4.78 is 28.3. The van der Waals surface area contributed by atoms with Crippen LogP contribution in [0.2, 0.25) is 0 Å². The van der Waals surface area contributed by atoms with Gasteiger partial charge in [0, 0.05) is 18.4 Å². The van der Waals surface area contributed by atoms with Crippen LogP contribution in [0.3, 0.4) is 0 Å². The first-order valence-electron chi connectivity index (χ1n) is 9.95. The Labute approximate surface area is 182 Å². The molecular weight excluding hydrogens is 418 g/mol. The Balaban J connectivity index is 2.57. The molecule has 1 atom stereocenters. The van der Waals surface area contributed by atoms with Crippen molar-refractivity contribution >= 4 is 33.3 Å². The van der Waals surface area contributed by atoms with E-state index >= 15 is 0 Å². The summed E-state index contributed by atoms with van der Waals surface area (Å²) in [4.78, 5) is 36.4. The molecule has 0 heterocycles. The van der Waals surface area contributed by atoms with Crippen LogP contribution in [0, 0.1) is 0 Å². The summed E-state index contributed by atoms with van der Waals surface area (Å²) >= 11 is 0. The van der Waals surface area contributed by atoms with Crippen molar-refractivity contribution in [1.29, 1.82) is 0 Å². The number of carbonyl (C=O) groups is 3. The fraction of sp³-hybridized carbons (Fsp3) is 0.318. The molecule has 2 aromatic rings. The van der Waals surface area contributed by atoms with Gasteiger partial charge in [-0.15, -0.1) is 0 Å². The van der Waals surface area contributed by atoms with E-state index in [1.807, 2.05) is 6.92 Å². The molecule has 0 aromatic heterocycles. The standard InChI is InChI=1S/C22H27N3O5S/c1-3-4-11-17(20(27)14-24-15(2)26)21-18(22(23)28)12-8-13-19(21)25-31(29,30)16-9-6-5-7-10-16/h5-10,12-13,17,25H,3-4,11,14H2,1-2H3,(H2,23,28)(H,24,26). The average molecular weight is 446 g/mol. The monoisotopic (exact) mass is 445 g/mol. The lowest BCUT2D eigenvalue weighted by molar-refractivity contribution is -0.124. The molecule has 2 amide bonds. The quantitative estimate of drug-likeness (QED) is 0.488. The number of hydrogen-bond donors (Lipinski definition) is 3. The fourth-order valence-electron chi connectivity index (χ4n) is 3.26. The summed E-state index contributed by atoms with van der Waals surface area (Å²) in [7, 11) is -3.97. The molecule has 9 heteroatoms. The zero-order valence-electron chi connectivity index (χ0n) is 17.6. The smallest absolute Gasteiger partial charge is 0.261 e. The van der Waals surface area contributed by atoms with E-state index in [9.17, 15) is 22.8 Å². The number of benzene rings is 2. The van der Waals surface area contributed by atoms with Gasteiger partial charge in [0.15, 0.2) is 5.78 Å². The predicted octanol–water partition coefficient (Wildman–Crippen LogP) is 2.57. The lowest BCUT2D eigenvalue weighted by Crippen LogP contribution is -2.32. The van der Waals surface area contributed by atoms with Crippen molar-refractivity contribution in [2.45, 2.75) is 43.9 Å². The van der Waals surface area contributed by atoms with Crippen molar-refractivity contribution in [1.82, 2.24) is 5.32 Å². The first-order valence-corrected chi connectivity index (χ1v) is 11.4. The van der Waals surface area contributed by atoms with Crippen molar-refractivity contribution < 1.29 is 22.8 Å². The number of hydrogen-bond acceptors (Lipinski definition) is 5. The van der Waals surface area contributed by atoms with Crippen molar-refractivity contribution in [2.24, 2.45) is 5.73 Å². The molecule has 8 nitrogen and oxygen atoms in total. The largest absolute Gasteiger partial charge is 0.366 e. The molecular formula is C22H27N3O5S. The lowest BCUT2D eigenvalue weighted by atomic mass is 9.85. The highest BCUT2D eigenvalue weighted by Gasteiger charge is 2.29. The number of nitrogens with two attached hydrogens (primary N) is 1. The van der Waals surface area contributed by atoms with Gasteiger partial charge in [-0.1, -0.05) is 44.0 Å². The van der Waals surface area contributed by atoms with Gasteiger partial charge in [0.2, 0.25) is 11.8 Å².